The van der Waals surface area contributed by atoms with Crippen LogP contribution in [0.2, 0.25) is 0 Å². The van der Waals surface area contributed by atoms with Crippen LogP contribution in [0.25, 0.3) is 0 Å². The maximum absolute atomic E-state index is 12.2. The fourth-order valence-electron chi connectivity index (χ4n) is 2.31. The molecule has 0 aliphatic carbocycles. The number of aryl methyl sites for hydroxylation is 1. The van der Waals surface area contributed by atoms with Crippen LogP contribution in [-0.4, -0.2) is 24.5 Å². The van der Waals surface area contributed by atoms with E-state index in [0.717, 1.165) is 5.76 Å². The van der Waals surface area contributed by atoms with Gasteiger partial charge < -0.3 is 14.6 Å². The molecule has 0 radical (unpaired) electrons. The Morgan fingerprint density at radius 1 is 1.27 bits per heavy atom. The Bertz CT molecular complexity index is 618. The molecular formula is C18H24N2O2. The monoisotopic (exact) mass is 300 g/mol. The lowest BCUT2D eigenvalue weighted by atomic mass is 9.84. The normalized spacial score (nSPS) is 11.3. The molecule has 1 heterocycles. The van der Waals surface area contributed by atoms with Gasteiger partial charge in [0, 0.05) is 19.0 Å². The van der Waals surface area contributed by atoms with Gasteiger partial charge in [-0.25, -0.2) is 4.79 Å². The van der Waals surface area contributed by atoms with Gasteiger partial charge in [-0.3, -0.25) is 0 Å². The lowest BCUT2D eigenvalue weighted by Crippen LogP contribution is -2.42. The van der Waals surface area contributed by atoms with Gasteiger partial charge in [-0.1, -0.05) is 43.7 Å². The van der Waals surface area contributed by atoms with Gasteiger partial charge in [0.25, 0.3) is 0 Å². The molecule has 0 fully saturated rings. The maximum atomic E-state index is 12.2. The first kappa shape index (κ1) is 16.1. The molecule has 2 rings (SSSR count). The van der Waals surface area contributed by atoms with E-state index in [2.05, 4.69) is 50.4 Å². The van der Waals surface area contributed by atoms with Crippen molar-refractivity contribution < 1.29 is 9.21 Å². The van der Waals surface area contributed by atoms with Crippen molar-refractivity contribution in [2.45, 2.75) is 32.7 Å². The van der Waals surface area contributed by atoms with Crippen molar-refractivity contribution >= 4 is 6.03 Å². The standard InChI is InChI=1S/C18H24N2O2/c1-14-7-5-8-15(11-14)18(2,3)13-19-17(21)20(4)12-16-9-6-10-22-16/h5-11H,12-13H2,1-4H3,(H,19,21). The Labute approximate surface area is 132 Å². The summed E-state index contributed by atoms with van der Waals surface area (Å²) >= 11 is 0. The van der Waals surface area contributed by atoms with E-state index < -0.39 is 0 Å². The van der Waals surface area contributed by atoms with Gasteiger partial charge in [0.15, 0.2) is 0 Å². The summed E-state index contributed by atoms with van der Waals surface area (Å²) in [4.78, 5) is 13.8. The summed E-state index contributed by atoms with van der Waals surface area (Å²) in [5.74, 6) is 0.774. The van der Waals surface area contributed by atoms with Gasteiger partial charge >= 0.3 is 6.03 Å². The number of carbonyl (C=O) groups is 1. The third kappa shape index (κ3) is 4.13. The molecule has 1 aromatic carbocycles. The van der Waals surface area contributed by atoms with Gasteiger partial charge in [0.05, 0.1) is 12.8 Å². The number of benzene rings is 1. The number of amides is 2. The molecule has 0 atom stereocenters. The topological polar surface area (TPSA) is 45.5 Å². The predicted molar refractivity (Wildman–Crippen MR) is 87.8 cm³/mol. The van der Waals surface area contributed by atoms with Crippen molar-refractivity contribution in [3.05, 3.63) is 59.5 Å². The molecular weight excluding hydrogens is 276 g/mol. The molecule has 0 unspecified atom stereocenters. The molecule has 2 amide bonds. The lowest BCUT2D eigenvalue weighted by molar-refractivity contribution is 0.200. The van der Waals surface area contributed by atoms with Gasteiger partial charge in [0.1, 0.15) is 5.76 Å². The summed E-state index contributed by atoms with van der Waals surface area (Å²) in [5, 5.41) is 3.00. The minimum atomic E-state index is -0.118. The largest absolute Gasteiger partial charge is 0.467 e. The van der Waals surface area contributed by atoms with Crippen LogP contribution in [0.1, 0.15) is 30.7 Å². The molecule has 4 nitrogen and oxygen atoms in total. The molecule has 22 heavy (non-hydrogen) atoms. The van der Waals surface area contributed by atoms with Crippen LogP contribution in [0.4, 0.5) is 4.79 Å². The third-order valence-corrected chi connectivity index (χ3v) is 3.80. The van der Waals surface area contributed by atoms with E-state index in [1.165, 1.54) is 11.1 Å². The number of urea groups is 1. The number of carbonyl (C=O) groups excluding carboxylic acids is 1. The zero-order valence-corrected chi connectivity index (χ0v) is 13.7. The Kier molecular flexibility index (Phi) is 4.91. The lowest BCUT2D eigenvalue weighted by Gasteiger charge is -2.27. The van der Waals surface area contributed by atoms with E-state index >= 15 is 0 Å². The molecule has 1 N–H and O–H groups in total. The molecule has 0 saturated carbocycles. The van der Waals surface area contributed by atoms with Crippen LogP contribution in [0, 0.1) is 6.92 Å². The highest BCUT2D eigenvalue weighted by atomic mass is 16.3. The summed E-state index contributed by atoms with van der Waals surface area (Å²) in [7, 11) is 1.76. The molecule has 0 bridgehead atoms. The molecule has 118 valence electrons. The third-order valence-electron chi connectivity index (χ3n) is 3.80. The summed E-state index contributed by atoms with van der Waals surface area (Å²) in [6.07, 6.45) is 1.61. The van der Waals surface area contributed by atoms with Crippen LogP contribution in [-0.2, 0) is 12.0 Å². The highest BCUT2D eigenvalue weighted by molar-refractivity contribution is 5.73. The smallest absolute Gasteiger partial charge is 0.317 e. The van der Waals surface area contributed by atoms with Gasteiger partial charge in [-0.15, -0.1) is 0 Å². The number of rotatable bonds is 5. The SMILES string of the molecule is Cc1cccc(C(C)(C)CNC(=O)N(C)Cc2ccco2)c1. The minimum Gasteiger partial charge on any atom is -0.467 e. The maximum Gasteiger partial charge on any atom is 0.317 e. The number of nitrogens with zero attached hydrogens (tertiary/aromatic N) is 1. The van der Waals surface area contributed by atoms with Gasteiger partial charge in [0.2, 0.25) is 0 Å². The van der Waals surface area contributed by atoms with Crippen LogP contribution < -0.4 is 5.32 Å². The molecule has 2 aromatic rings. The molecule has 4 heteroatoms. The zero-order chi connectivity index (χ0) is 16.2. The Hall–Kier alpha value is -2.23. The summed E-state index contributed by atoms with van der Waals surface area (Å²) in [5.41, 5.74) is 2.33. The summed E-state index contributed by atoms with van der Waals surface area (Å²) in [6.45, 7) is 7.39. The van der Waals surface area contributed by atoms with Crippen LogP contribution in [0.15, 0.2) is 47.1 Å². The van der Waals surface area contributed by atoms with Crippen molar-refractivity contribution in [2.24, 2.45) is 0 Å². The Balaban J connectivity index is 1.92. The van der Waals surface area contributed by atoms with E-state index in [1.54, 1.807) is 18.2 Å². The number of hydrogen-bond donors (Lipinski definition) is 1. The Morgan fingerprint density at radius 2 is 2.05 bits per heavy atom. The second-order valence-electron chi connectivity index (χ2n) is 6.35. The van der Waals surface area contributed by atoms with Crippen LogP contribution in [0.3, 0.4) is 0 Å². The zero-order valence-electron chi connectivity index (χ0n) is 13.7. The van der Waals surface area contributed by atoms with E-state index in [4.69, 9.17) is 4.42 Å². The second-order valence-corrected chi connectivity index (χ2v) is 6.35. The first-order chi connectivity index (χ1) is 10.4. The Morgan fingerprint density at radius 3 is 2.68 bits per heavy atom. The highest BCUT2D eigenvalue weighted by Crippen LogP contribution is 2.23. The predicted octanol–water partition coefficient (Wildman–Crippen LogP) is 3.71. The van der Waals surface area contributed by atoms with Gasteiger partial charge in [-0.2, -0.15) is 0 Å². The van der Waals surface area contributed by atoms with Crippen molar-refractivity contribution in [3.63, 3.8) is 0 Å². The second kappa shape index (κ2) is 6.69. The van der Waals surface area contributed by atoms with E-state index in [1.807, 2.05) is 12.1 Å². The van der Waals surface area contributed by atoms with Crippen molar-refractivity contribution in [1.82, 2.24) is 10.2 Å². The highest BCUT2D eigenvalue weighted by Gasteiger charge is 2.22. The van der Waals surface area contributed by atoms with Crippen LogP contribution >= 0.6 is 0 Å². The van der Waals surface area contributed by atoms with E-state index in [-0.39, 0.29) is 11.4 Å². The van der Waals surface area contributed by atoms with Crippen molar-refractivity contribution in [3.8, 4) is 0 Å². The van der Waals surface area contributed by atoms with Crippen molar-refractivity contribution in [2.75, 3.05) is 13.6 Å². The van der Waals surface area contributed by atoms with Crippen LogP contribution in [0.5, 0.6) is 0 Å². The summed E-state index contributed by atoms with van der Waals surface area (Å²) < 4.78 is 5.26. The van der Waals surface area contributed by atoms with E-state index in [0.29, 0.717) is 13.1 Å². The fraction of sp³-hybridized carbons (Fsp3) is 0.389. The average Bonchev–Trinajstić information content (AvgIpc) is 2.97. The van der Waals surface area contributed by atoms with Gasteiger partial charge in [-0.05, 0) is 24.6 Å². The van der Waals surface area contributed by atoms with E-state index in [9.17, 15) is 4.79 Å². The molecule has 0 spiro atoms. The molecule has 0 aliphatic rings. The number of hydrogen-bond acceptors (Lipinski definition) is 2. The summed E-state index contributed by atoms with van der Waals surface area (Å²) in [6, 6.07) is 12.0. The quantitative estimate of drug-likeness (QED) is 0.915. The molecule has 1 aromatic heterocycles. The van der Waals surface area contributed by atoms with Crippen molar-refractivity contribution in [1.29, 1.82) is 0 Å². The first-order valence-electron chi connectivity index (χ1n) is 7.47. The minimum absolute atomic E-state index is 0.0999. The number of nitrogens with one attached hydrogen (secondary N) is 1. The fourth-order valence-corrected chi connectivity index (χ4v) is 2.31. The molecule has 0 aliphatic heterocycles. The molecule has 0 saturated heterocycles. The average molecular weight is 300 g/mol. The first-order valence-corrected chi connectivity index (χ1v) is 7.47. The number of furan rings is 1.